The Labute approximate surface area is 265 Å². The van der Waals surface area contributed by atoms with Gasteiger partial charge in [0.25, 0.3) is 5.56 Å². The maximum Gasteiger partial charge on any atom is 0.269 e. The van der Waals surface area contributed by atoms with Gasteiger partial charge in [0.2, 0.25) is 11.8 Å². The lowest BCUT2D eigenvalue weighted by Crippen LogP contribution is -2.31. The van der Waals surface area contributed by atoms with Gasteiger partial charge in [-0.15, -0.1) is 0 Å². The molecule has 0 aliphatic heterocycles. The summed E-state index contributed by atoms with van der Waals surface area (Å²) >= 11 is 1.02. The molecule has 0 saturated carbocycles. The largest absolute Gasteiger partial charge is 0.493 e. The summed E-state index contributed by atoms with van der Waals surface area (Å²) in [5.74, 6) is -1.20. The van der Waals surface area contributed by atoms with Crippen LogP contribution in [-0.4, -0.2) is 32.1 Å². The lowest BCUT2D eigenvalue weighted by atomic mass is 9.90. The third-order valence-electron chi connectivity index (χ3n) is 7.15. The molecular formula is C37H31N3O4S. The number of fused-ring (bicyclic) bond motifs is 1. The smallest absolute Gasteiger partial charge is 0.269 e. The summed E-state index contributed by atoms with van der Waals surface area (Å²) in [6, 6.07) is 26.2. The highest BCUT2D eigenvalue weighted by Crippen LogP contribution is 2.31. The molecule has 2 N–H and O–H groups in total. The number of amides is 1. The van der Waals surface area contributed by atoms with E-state index in [4.69, 9.17) is 0 Å². The molecule has 5 rings (SSSR count). The number of carbonyl (C=O) groups excluding carboxylic acids is 2. The minimum absolute atomic E-state index is 0.0820. The number of allylic oxidation sites excluding steroid dienone is 7. The van der Waals surface area contributed by atoms with Crippen molar-refractivity contribution in [2.24, 2.45) is 0 Å². The van der Waals surface area contributed by atoms with Crippen LogP contribution in [0, 0.1) is 0 Å². The summed E-state index contributed by atoms with van der Waals surface area (Å²) in [4.78, 5) is 44.6. The van der Waals surface area contributed by atoms with E-state index in [9.17, 15) is 19.5 Å². The van der Waals surface area contributed by atoms with Crippen molar-refractivity contribution in [3.63, 3.8) is 0 Å². The molecular weight excluding hydrogens is 582 g/mol. The highest BCUT2D eigenvalue weighted by molar-refractivity contribution is 7.99. The van der Waals surface area contributed by atoms with Gasteiger partial charge >= 0.3 is 0 Å². The summed E-state index contributed by atoms with van der Waals surface area (Å²) in [7, 11) is 0. The highest BCUT2D eigenvalue weighted by Gasteiger charge is 2.23. The van der Waals surface area contributed by atoms with Crippen molar-refractivity contribution < 1.29 is 14.7 Å². The van der Waals surface area contributed by atoms with E-state index in [-0.39, 0.29) is 39.8 Å². The van der Waals surface area contributed by atoms with Crippen molar-refractivity contribution in [1.29, 1.82) is 0 Å². The minimum atomic E-state index is -0.592. The molecule has 0 saturated heterocycles. The predicted molar refractivity (Wildman–Crippen MR) is 181 cm³/mol. The quantitative estimate of drug-likeness (QED) is 0.0895. The Hall–Kier alpha value is -5.47. The summed E-state index contributed by atoms with van der Waals surface area (Å²) in [6.07, 6.45) is 11.2. The molecule has 224 valence electrons. The molecule has 45 heavy (non-hydrogen) atoms. The van der Waals surface area contributed by atoms with Crippen molar-refractivity contribution in [3.05, 3.63) is 160 Å². The SMILES string of the molecule is C=C/C=C\C(=C/C)n1c(SCC(=O)NC(c2ccccc2)c2ccccc2)nc(O)c(C=C2C(=O)C=Cc3ccccc32)c1=O. The fourth-order valence-corrected chi connectivity index (χ4v) is 5.78. The molecule has 1 aliphatic carbocycles. The number of nitrogens with zero attached hydrogens (tertiary/aromatic N) is 2. The average molecular weight is 614 g/mol. The fourth-order valence-electron chi connectivity index (χ4n) is 4.97. The van der Waals surface area contributed by atoms with Crippen LogP contribution < -0.4 is 10.9 Å². The minimum Gasteiger partial charge on any atom is -0.493 e. The normalized spacial score (nSPS) is 13.8. The summed E-state index contributed by atoms with van der Waals surface area (Å²) < 4.78 is 1.32. The standard InChI is InChI=1S/C37H31N3O4S/c1-3-5-19-28(4-2)40-36(44)31(23-30-29-20-13-12-14-25(29)21-22-32(30)41)35(43)39-37(40)45-24-33(42)38-34(26-15-8-6-9-16-26)27-17-10-7-11-18-27/h3-23,34,43H,1,24H2,2H3,(H,38,42)/b19-5-,28-4+,30-23?. The molecule has 1 heterocycles. The first kappa shape index (κ1) is 31.0. The molecule has 0 atom stereocenters. The van der Waals surface area contributed by atoms with E-state index >= 15 is 0 Å². The fraction of sp³-hybridized carbons (Fsp3) is 0.0811. The van der Waals surface area contributed by atoms with Crippen molar-refractivity contribution >= 4 is 46.9 Å². The zero-order valence-corrected chi connectivity index (χ0v) is 25.4. The topological polar surface area (TPSA) is 101 Å². The van der Waals surface area contributed by atoms with E-state index in [0.717, 1.165) is 28.5 Å². The average Bonchev–Trinajstić information content (AvgIpc) is 3.07. The van der Waals surface area contributed by atoms with Crippen LogP contribution in [0.3, 0.4) is 0 Å². The van der Waals surface area contributed by atoms with E-state index in [0.29, 0.717) is 11.3 Å². The summed E-state index contributed by atoms with van der Waals surface area (Å²) in [5, 5.41) is 14.2. The number of aromatic nitrogens is 2. The number of carbonyl (C=O) groups is 2. The Kier molecular flexibility index (Phi) is 9.87. The molecule has 1 amide bonds. The number of nitrogens with one attached hydrogen (secondary N) is 1. The molecule has 0 bridgehead atoms. The third kappa shape index (κ3) is 7.03. The molecule has 1 aromatic heterocycles. The first-order valence-electron chi connectivity index (χ1n) is 14.3. The number of rotatable bonds is 10. The van der Waals surface area contributed by atoms with E-state index in [2.05, 4.69) is 16.9 Å². The van der Waals surface area contributed by atoms with E-state index in [1.165, 1.54) is 16.7 Å². The van der Waals surface area contributed by atoms with Crippen LogP contribution >= 0.6 is 11.8 Å². The number of hydrogen-bond donors (Lipinski definition) is 2. The molecule has 0 fully saturated rings. The number of thioether (sulfide) groups is 1. The van der Waals surface area contributed by atoms with Crippen LogP contribution in [-0.2, 0) is 9.59 Å². The van der Waals surface area contributed by atoms with Gasteiger partial charge in [-0.25, -0.2) is 0 Å². The zero-order chi connectivity index (χ0) is 31.8. The lowest BCUT2D eigenvalue weighted by Gasteiger charge is -2.20. The molecule has 8 heteroatoms. The maximum atomic E-state index is 14.0. The van der Waals surface area contributed by atoms with Crippen molar-refractivity contribution in [3.8, 4) is 5.88 Å². The van der Waals surface area contributed by atoms with Crippen LogP contribution in [0.1, 0.15) is 40.8 Å². The van der Waals surface area contributed by atoms with Crippen LogP contribution in [0.15, 0.2) is 132 Å². The van der Waals surface area contributed by atoms with E-state index < -0.39 is 11.4 Å². The molecule has 0 spiro atoms. The van der Waals surface area contributed by atoms with Crippen LogP contribution in [0.4, 0.5) is 0 Å². The van der Waals surface area contributed by atoms with E-state index in [1.807, 2.05) is 72.8 Å². The lowest BCUT2D eigenvalue weighted by molar-refractivity contribution is -0.119. The van der Waals surface area contributed by atoms with Crippen LogP contribution in [0.25, 0.3) is 23.4 Å². The number of hydrogen-bond acceptors (Lipinski definition) is 6. The molecule has 1 aliphatic rings. The molecule has 3 aromatic carbocycles. The Morgan fingerprint density at radius 1 is 0.978 bits per heavy atom. The number of benzene rings is 3. The van der Waals surface area contributed by atoms with E-state index in [1.54, 1.807) is 49.4 Å². The number of aromatic hydroxyl groups is 1. The van der Waals surface area contributed by atoms with Gasteiger partial charge in [-0.05, 0) is 47.4 Å². The second-order valence-corrected chi connectivity index (χ2v) is 11.0. The Balaban J connectivity index is 1.51. The third-order valence-corrected chi connectivity index (χ3v) is 8.09. The summed E-state index contributed by atoms with van der Waals surface area (Å²) in [5.41, 5.74) is 3.30. The predicted octanol–water partition coefficient (Wildman–Crippen LogP) is 6.69. The molecule has 7 nitrogen and oxygen atoms in total. The maximum absolute atomic E-state index is 14.0. The Bertz CT molecular complexity index is 1880. The van der Waals surface area contributed by atoms with Gasteiger partial charge in [-0.1, -0.05) is 128 Å². The van der Waals surface area contributed by atoms with Gasteiger partial charge < -0.3 is 10.4 Å². The van der Waals surface area contributed by atoms with Gasteiger partial charge in [-0.3, -0.25) is 19.0 Å². The second kappa shape index (κ2) is 14.3. The van der Waals surface area contributed by atoms with Crippen LogP contribution in [0.5, 0.6) is 5.88 Å². The molecule has 4 aromatic rings. The van der Waals surface area contributed by atoms with Crippen molar-refractivity contribution in [1.82, 2.24) is 14.9 Å². The zero-order valence-electron chi connectivity index (χ0n) is 24.6. The number of ketones is 1. The van der Waals surface area contributed by atoms with Gasteiger partial charge in [0.1, 0.15) is 5.56 Å². The Morgan fingerprint density at radius 3 is 2.27 bits per heavy atom. The van der Waals surface area contributed by atoms with Gasteiger partial charge in [-0.2, -0.15) is 4.98 Å². The van der Waals surface area contributed by atoms with Crippen molar-refractivity contribution in [2.75, 3.05) is 5.75 Å². The second-order valence-electron chi connectivity index (χ2n) is 10.0. The first-order valence-corrected chi connectivity index (χ1v) is 15.3. The Morgan fingerprint density at radius 2 is 1.62 bits per heavy atom. The van der Waals surface area contributed by atoms with Gasteiger partial charge in [0, 0.05) is 11.3 Å². The first-order chi connectivity index (χ1) is 21.9. The van der Waals surface area contributed by atoms with Gasteiger partial charge in [0.15, 0.2) is 10.9 Å². The van der Waals surface area contributed by atoms with Crippen LogP contribution in [0.2, 0.25) is 0 Å². The van der Waals surface area contributed by atoms with Gasteiger partial charge in [0.05, 0.1) is 11.8 Å². The highest BCUT2D eigenvalue weighted by atomic mass is 32.2. The summed E-state index contributed by atoms with van der Waals surface area (Å²) in [6.45, 7) is 5.47. The molecule has 0 radical (unpaired) electrons. The van der Waals surface area contributed by atoms with Crippen molar-refractivity contribution in [2.45, 2.75) is 18.1 Å². The monoisotopic (exact) mass is 613 g/mol. The molecule has 0 unspecified atom stereocenters.